The first-order chi connectivity index (χ1) is 12.6. The molecule has 2 aliphatic rings. The smallest absolute Gasteiger partial charge is 0.279 e. The molecule has 2 N–H and O–H groups in total. The van der Waals surface area contributed by atoms with E-state index in [0.29, 0.717) is 17.2 Å². The van der Waals surface area contributed by atoms with Gasteiger partial charge in [-0.15, -0.1) is 0 Å². The summed E-state index contributed by atoms with van der Waals surface area (Å²) in [6.45, 7) is 1.69. The molecule has 140 valence electrons. The zero-order valence-electron chi connectivity index (χ0n) is 14.7. The van der Waals surface area contributed by atoms with Crippen LogP contribution in [-0.2, 0) is 14.4 Å². The third kappa shape index (κ3) is 4.65. The van der Waals surface area contributed by atoms with Crippen molar-refractivity contribution in [1.82, 2.24) is 10.9 Å². The van der Waals surface area contributed by atoms with Crippen LogP contribution < -0.4 is 20.3 Å². The number of carbonyl (C=O) groups excluding carboxylic acids is 2. The number of hydrazine groups is 1. The maximum absolute atomic E-state index is 11.9. The van der Waals surface area contributed by atoms with Crippen LogP contribution >= 0.6 is 0 Å². The van der Waals surface area contributed by atoms with E-state index < -0.39 is 5.91 Å². The minimum atomic E-state index is -0.462. The van der Waals surface area contributed by atoms with Crippen LogP contribution in [-0.4, -0.2) is 30.9 Å². The first-order valence-electron chi connectivity index (χ1n) is 8.79. The second kappa shape index (κ2) is 8.55. The highest BCUT2D eigenvalue weighted by molar-refractivity contribution is 5.99. The van der Waals surface area contributed by atoms with Gasteiger partial charge in [-0.3, -0.25) is 20.4 Å². The van der Waals surface area contributed by atoms with Crippen LogP contribution in [0.4, 0.5) is 0 Å². The number of ether oxygens (including phenoxy) is 2. The molecule has 0 spiro atoms. The number of oxime groups is 1. The van der Waals surface area contributed by atoms with Crippen molar-refractivity contribution < 1.29 is 23.9 Å². The third-order valence-electron chi connectivity index (χ3n) is 4.49. The monoisotopic (exact) mass is 361 g/mol. The molecule has 0 aromatic heterocycles. The van der Waals surface area contributed by atoms with Crippen molar-refractivity contribution in [3.63, 3.8) is 0 Å². The number of fused-ring (bicyclic) bond motifs is 1. The first kappa shape index (κ1) is 18.0. The molecule has 0 saturated heterocycles. The van der Waals surface area contributed by atoms with Gasteiger partial charge in [0.25, 0.3) is 5.91 Å². The van der Waals surface area contributed by atoms with Crippen molar-refractivity contribution in [2.24, 2.45) is 11.1 Å². The molecule has 0 radical (unpaired) electrons. The Hall–Kier alpha value is -2.77. The van der Waals surface area contributed by atoms with Gasteiger partial charge in [0.2, 0.25) is 12.7 Å². The lowest BCUT2D eigenvalue weighted by Crippen LogP contribution is -2.46. The van der Waals surface area contributed by atoms with Crippen LogP contribution in [0.5, 0.6) is 11.5 Å². The molecule has 1 aliphatic carbocycles. The molecule has 1 saturated carbocycles. The number of nitrogens with one attached hydrogen (secondary N) is 2. The second-order valence-electron chi connectivity index (χ2n) is 6.39. The highest BCUT2D eigenvalue weighted by atomic mass is 16.7. The van der Waals surface area contributed by atoms with Crippen LogP contribution in [0.25, 0.3) is 0 Å². The molecule has 0 unspecified atom stereocenters. The Kier molecular flexibility index (Phi) is 5.93. The van der Waals surface area contributed by atoms with Gasteiger partial charge in [-0.05, 0) is 38.0 Å². The van der Waals surface area contributed by atoms with Gasteiger partial charge >= 0.3 is 0 Å². The minimum absolute atomic E-state index is 0.0174. The summed E-state index contributed by atoms with van der Waals surface area (Å²) in [6.07, 6.45) is 5.03. The number of benzene rings is 1. The van der Waals surface area contributed by atoms with Crippen molar-refractivity contribution in [3.8, 4) is 11.5 Å². The molecule has 3 rings (SSSR count). The van der Waals surface area contributed by atoms with Gasteiger partial charge in [-0.25, -0.2) is 0 Å². The zero-order chi connectivity index (χ0) is 18.4. The molecular formula is C18H23N3O5. The summed E-state index contributed by atoms with van der Waals surface area (Å²) in [4.78, 5) is 28.8. The average molecular weight is 361 g/mol. The molecule has 26 heavy (non-hydrogen) atoms. The SMILES string of the molecule is C/C(=N/OCC(=O)NNC(=O)C1CCCCC1)c1ccc2c(c1)OCO2. The van der Waals surface area contributed by atoms with Crippen molar-refractivity contribution in [2.75, 3.05) is 13.4 Å². The Morgan fingerprint density at radius 3 is 2.73 bits per heavy atom. The van der Waals surface area contributed by atoms with E-state index in [-0.39, 0.29) is 25.2 Å². The van der Waals surface area contributed by atoms with Crippen LogP contribution in [0, 0.1) is 5.92 Å². The summed E-state index contributed by atoms with van der Waals surface area (Å²) < 4.78 is 10.6. The minimum Gasteiger partial charge on any atom is -0.454 e. The van der Waals surface area contributed by atoms with E-state index in [0.717, 1.165) is 31.2 Å². The van der Waals surface area contributed by atoms with Crippen LogP contribution in [0.15, 0.2) is 23.4 Å². The maximum Gasteiger partial charge on any atom is 0.279 e. The number of carbonyl (C=O) groups is 2. The van der Waals surface area contributed by atoms with E-state index in [1.54, 1.807) is 19.1 Å². The normalized spacial score (nSPS) is 16.9. The number of hydrogen-bond donors (Lipinski definition) is 2. The van der Waals surface area contributed by atoms with Crippen molar-refractivity contribution >= 4 is 17.5 Å². The Bertz CT molecular complexity index is 698. The number of rotatable bonds is 5. The molecular weight excluding hydrogens is 338 g/mol. The van der Waals surface area contributed by atoms with Gasteiger partial charge in [0, 0.05) is 11.5 Å². The van der Waals surface area contributed by atoms with Gasteiger partial charge in [0.05, 0.1) is 5.71 Å². The fourth-order valence-corrected chi connectivity index (χ4v) is 3.00. The number of nitrogens with zero attached hydrogens (tertiary/aromatic N) is 1. The van der Waals surface area contributed by atoms with Crippen LogP contribution in [0.1, 0.15) is 44.6 Å². The fourth-order valence-electron chi connectivity index (χ4n) is 3.00. The fraction of sp³-hybridized carbons (Fsp3) is 0.500. The van der Waals surface area contributed by atoms with Gasteiger partial charge in [-0.2, -0.15) is 0 Å². The van der Waals surface area contributed by atoms with E-state index in [2.05, 4.69) is 16.0 Å². The van der Waals surface area contributed by atoms with Gasteiger partial charge < -0.3 is 14.3 Å². The lowest BCUT2D eigenvalue weighted by molar-refractivity contribution is -0.133. The Morgan fingerprint density at radius 1 is 1.15 bits per heavy atom. The Balaban J connectivity index is 1.41. The van der Waals surface area contributed by atoms with E-state index in [4.69, 9.17) is 14.3 Å². The summed E-state index contributed by atoms with van der Waals surface area (Å²) in [6, 6.07) is 5.43. The highest BCUT2D eigenvalue weighted by Gasteiger charge is 2.21. The van der Waals surface area contributed by atoms with Crippen molar-refractivity contribution in [1.29, 1.82) is 0 Å². The topological polar surface area (TPSA) is 98.2 Å². The molecule has 2 amide bonds. The molecule has 8 heteroatoms. The standard InChI is InChI=1S/C18H23N3O5/c1-12(14-7-8-15-16(9-14)25-11-24-15)21-26-10-17(22)19-20-18(23)13-5-3-2-4-6-13/h7-9,13H,2-6,10-11H2,1H3,(H,19,22)(H,20,23)/b21-12-. The molecule has 1 aromatic rings. The zero-order valence-corrected chi connectivity index (χ0v) is 14.7. The van der Waals surface area contributed by atoms with Gasteiger partial charge in [0.1, 0.15) is 0 Å². The predicted octanol–water partition coefficient (Wildman–Crippen LogP) is 1.88. The largest absolute Gasteiger partial charge is 0.454 e. The summed E-state index contributed by atoms with van der Waals surface area (Å²) in [7, 11) is 0. The molecule has 1 aromatic carbocycles. The average Bonchev–Trinajstić information content (AvgIpc) is 3.14. The molecule has 0 bridgehead atoms. The molecule has 0 atom stereocenters. The highest BCUT2D eigenvalue weighted by Crippen LogP contribution is 2.32. The van der Waals surface area contributed by atoms with Crippen molar-refractivity contribution in [2.45, 2.75) is 39.0 Å². The maximum atomic E-state index is 11.9. The predicted molar refractivity (Wildman–Crippen MR) is 93.6 cm³/mol. The number of amides is 2. The summed E-state index contributed by atoms with van der Waals surface area (Å²) >= 11 is 0. The second-order valence-corrected chi connectivity index (χ2v) is 6.39. The molecule has 1 aliphatic heterocycles. The van der Waals surface area contributed by atoms with Crippen LogP contribution in [0.2, 0.25) is 0 Å². The first-order valence-corrected chi connectivity index (χ1v) is 8.79. The molecule has 1 heterocycles. The van der Waals surface area contributed by atoms with Crippen molar-refractivity contribution in [3.05, 3.63) is 23.8 Å². The van der Waals surface area contributed by atoms with E-state index in [9.17, 15) is 9.59 Å². The van der Waals surface area contributed by atoms with Gasteiger partial charge in [0.15, 0.2) is 18.1 Å². The van der Waals surface area contributed by atoms with E-state index in [1.165, 1.54) is 6.42 Å². The Labute approximate surface area is 151 Å². The summed E-state index contributed by atoms with van der Waals surface area (Å²) in [5.41, 5.74) is 6.22. The molecule has 8 nitrogen and oxygen atoms in total. The number of hydrogen-bond acceptors (Lipinski definition) is 6. The van der Waals surface area contributed by atoms with E-state index in [1.807, 2.05) is 6.07 Å². The van der Waals surface area contributed by atoms with E-state index >= 15 is 0 Å². The lowest BCUT2D eigenvalue weighted by atomic mass is 9.89. The lowest BCUT2D eigenvalue weighted by Gasteiger charge is -2.20. The summed E-state index contributed by atoms with van der Waals surface area (Å²) in [5, 5.41) is 3.92. The van der Waals surface area contributed by atoms with Crippen LogP contribution in [0.3, 0.4) is 0 Å². The third-order valence-corrected chi connectivity index (χ3v) is 4.49. The summed E-state index contributed by atoms with van der Waals surface area (Å²) in [5.74, 6) is 0.724. The van der Waals surface area contributed by atoms with Gasteiger partial charge in [-0.1, -0.05) is 24.4 Å². The molecule has 1 fully saturated rings. The quantitative estimate of drug-likeness (QED) is 0.616. The Morgan fingerprint density at radius 2 is 1.92 bits per heavy atom.